The summed E-state index contributed by atoms with van der Waals surface area (Å²) in [6.07, 6.45) is 0.853. The average Bonchev–Trinajstić information content (AvgIpc) is 3.04. The second kappa shape index (κ2) is 9.57. The smallest absolute Gasteiger partial charge is 0.163 e. The molecule has 1 saturated heterocycles. The van der Waals surface area contributed by atoms with Crippen molar-refractivity contribution < 1.29 is 9.47 Å². The predicted octanol–water partition coefficient (Wildman–Crippen LogP) is 2.78. The molecule has 0 aliphatic carbocycles. The fourth-order valence-electron chi connectivity index (χ4n) is 4.18. The van der Waals surface area contributed by atoms with Gasteiger partial charge in [-0.1, -0.05) is 24.3 Å². The summed E-state index contributed by atoms with van der Waals surface area (Å²) in [4.78, 5) is 4.18. The molecule has 2 aromatic carbocycles. The van der Waals surface area contributed by atoms with Crippen LogP contribution in [0.2, 0.25) is 0 Å². The van der Waals surface area contributed by atoms with Gasteiger partial charge in [0.25, 0.3) is 0 Å². The molecular formula is C25H38N4O2. The summed E-state index contributed by atoms with van der Waals surface area (Å²) in [5, 5.41) is 0. The first-order valence-corrected chi connectivity index (χ1v) is 10.9. The van der Waals surface area contributed by atoms with Crippen LogP contribution in [0.25, 0.3) is 0 Å². The highest BCUT2D eigenvalue weighted by atomic mass is 16.8. The fraction of sp³-hybridized carbons (Fsp3) is 0.520. The van der Waals surface area contributed by atoms with E-state index in [-0.39, 0.29) is 24.3 Å². The van der Waals surface area contributed by atoms with E-state index in [4.69, 9.17) is 20.9 Å². The van der Waals surface area contributed by atoms with Crippen LogP contribution in [-0.2, 0) is 22.3 Å². The van der Waals surface area contributed by atoms with Crippen LogP contribution < -0.4 is 21.3 Å². The van der Waals surface area contributed by atoms with Gasteiger partial charge in [0, 0.05) is 51.6 Å². The molecule has 1 heterocycles. The molecule has 3 rings (SSSR count). The lowest BCUT2D eigenvalue weighted by atomic mass is 9.92. The van der Waals surface area contributed by atoms with E-state index in [1.807, 2.05) is 42.0 Å². The number of nitrogens with zero attached hydrogens (tertiary/aromatic N) is 2. The molecule has 0 spiro atoms. The van der Waals surface area contributed by atoms with Crippen LogP contribution in [0, 0.1) is 0 Å². The third-order valence-electron chi connectivity index (χ3n) is 5.80. The predicted molar refractivity (Wildman–Crippen MR) is 129 cm³/mol. The number of nitrogens with two attached hydrogens (primary N) is 2. The van der Waals surface area contributed by atoms with Crippen LogP contribution in [0.3, 0.4) is 0 Å². The second-order valence-corrected chi connectivity index (χ2v) is 9.43. The Labute approximate surface area is 187 Å². The van der Waals surface area contributed by atoms with Gasteiger partial charge in [0.2, 0.25) is 0 Å². The molecule has 0 radical (unpaired) electrons. The quantitative estimate of drug-likeness (QED) is 0.676. The van der Waals surface area contributed by atoms with E-state index in [2.05, 4.69) is 58.3 Å². The normalized spacial score (nSPS) is 22.2. The van der Waals surface area contributed by atoms with Gasteiger partial charge in [0.1, 0.15) is 12.2 Å². The molecule has 0 aromatic heterocycles. The van der Waals surface area contributed by atoms with Crippen molar-refractivity contribution in [3.63, 3.8) is 0 Å². The highest BCUT2D eigenvalue weighted by Crippen LogP contribution is 2.33. The molecule has 6 heteroatoms. The van der Waals surface area contributed by atoms with Crippen molar-refractivity contribution in [3.8, 4) is 0 Å². The summed E-state index contributed by atoms with van der Waals surface area (Å²) < 4.78 is 12.5. The third kappa shape index (κ3) is 5.98. The van der Waals surface area contributed by atoms with Crippen LogP contribution in [0.5, 0.6) is 0 Å². The van der Waals surface area contributed by atoms with Crippen LogP contribution in [0.15, 0.2) is 48.5 Å². The van der Waals surface area contributed by atoms with Crippen molar-refractivity contribution in [2.24, 2.45) is 11.5 Å². The third-order valence-corrected chi connectivity index (χ3v) is 5.80. The highest BCUT2D eigenvalue weighted by Gasteiger charge is 2.46. The molecule has 1 aliphatic heterocycles. The molecule has 4 N–H and O–H groups in total. The zero-order valence-corrected chi connectivity index (χ0v) is 19.7. The molecule has 0 saturated carbocycles. The van der Waals surface area contributed by atoms with E-state index in [0.717, 1.165) is 11.4 Å². The summed E-state index contributed by atoms with van der Waals surface area (Å²) in [7, 11) is 8.15. The Morgan fingerprint density at radius 3 is 1.52 bits per heavy atom. The molecule has 6 nitrogen and oxygen atoms in total. The van der Waals surface area contributed by atoms with Crippen molar-refractivity contribution in [1.82, 2.24) is 0 Å². The molecule has 0 amide bonds. The van der Waals surface area contributed by atoms with Gasteiger partial charge in [0.05, 0.1) is 0 Å². The Kier molecular flexibility index (Phi) is 7.27. The summed E-state index contributed by atoms with van der Waals surface area (Å²) in [5.41, 5.74) is 18.0. The van der Waals surface area contributed by atoms with Crippen molar-refractivity contribution in [3.05, 3.63) is 59.7 Å². The molecular weight excluding hydrogens is 388 g/mol. The monoisotopic (exact) mass is 426 g/mol. The molecule has 170 valence electrons. The van der Waals surface area contributed by atoms with Crippen LogP contribution in [0.1, 0.15) is 25.0 Å². The molecule has 4 atom stereocenters. The Balaban J connectivity index is 1.74. The summed E-state index contributed by atoms with van der Waals surface area (Å²) in [6, 6.07) is 16.4. The summed E-state index contributed by atoms with van der Waals surface area (Å²) in [6.45, 7) is 3.86. The number of hydrogen-bond acceptors (Lipinski definition) is 6. The zero-order chi connectivity index (χ0) is 22.8. The number of hydrogen-bond donors (Lipinski definition) is 2. The SMILES string of the molecule is CN(C)c1cccc(C[C@@H](N)[C@@H]2OC(C)(C)O[C@H]2[C@H](N)Cc2cccc(N(C)C)c2)c1. The number of anilines is 2. The molecule has 1 aliphatic rings. The van der Waals surface area contributed by atoms with E-state index in [1.165, 1.54) is 11.1 Å². The van der Waals surface area contributed by atoms with Gasteiger partial charge >= 0.3 is 0 Å². The highest BCUT2D eigenvalue weighted by molar-refractivity contribution is 5.48. The van der Waals surface area contributed by atoms with Crippen molar-refractivity contribution in [2.75, 3.05) is 38.0 Å². The Bertz CT molecular complexity index is 799. The van der Waals surface area contributed by atoms with E-state index in [0.29, 0.717) is 12.8 Å². The van der Waals surface area contributed by atoms with Crippen LogP contribution in [-0.4, -0.2) is 58.3 Å². The second-order valence-electron chi connectivity index (χ2n) is 9.43. The topological polar surface area (TPSA) is 77.0 Å². The lowest BCUT2D eigenvalue weighted by molar-refractivity contribution is -0.149. The Morgan fingerprint density at radius 1 is 0.774 bits per heavy atom. The van der Waals surface area contributed by atoms with E-state index in [1.54, 1.807) is 0 Å². The van der Waals surface area contributed by atoms with Gasteiger partial charge in [0.15, 0.2) is 5.79 Å². The van der Waals surface area contributed by atoms with Crippen molar-refractivity contribution >= 4 is 11.4 Å². The summed E-state index contributed by atoms with van der Waals surface area (Å²) in [5.74, 6) is -0.707. The average molecular weight is 427 g/mol. The van der Waals surface area contributed by atoms with Gasteiger partial charge in [-0.15, -0.1) is 0 Å². The van der Waals surface area contributed by atoms with Crippen molar-refractivity contribution in [2.45, 2.75) is 56.8 Å². The first kappa shape index (κ1) is 23.5. The van der Waals surface area contributed by atoms with Gasteiger partial charge in [-0.05, 0) is 62.1 Å². The van der Waals surface area contributed by atoms with E-state index in [9.17, 15) is 0 Å². The maximum absolute atomic E-state index is 6.66. The molecule has 31 heavy (non-hydrogen) atoms. The standard InChI is InChI=1S/C25H38N4O2/c1-25(2)30-23(21(26)15-17-9-7-11-19(13-17)28(3)4)24(31-25)22(27)16-18-10-8-12-20(14-18)29(5)6/h7-14,21-24H,15-16,26-27H2,1-6H3/t21-,22-,23+,24+/m1/s1. The first-order valence-electron chi connectivity index (χ1n) is 10.9. The maximum Gasteiger partial charge on any atom is 0.163 e. The molecule has 0 bridgehead atoms. The molecule has 2 aromatic rings. The molecule has 1 fully saturated rings. The minimum absolute atomic E-state index is 0.219. The first-order chi connectivity index (χ1) is 14.6. The molecule has 0 unspecified atom stereocenters. The fourth-order valence-corrected chi connectivity index (χ4v) is 4.18. The Morgan fingerprint density at radius 2 is 1.16 bits per heavy atom. The van der Waals surface area contributed by atoms with Crippen LogP contribution in [0.4, 0.5) is 11.4 Å². The van der Waals surface area contributed by atoms with Gasteiger partial charge < -0.3 is 30.7 Å². The number of rotatable bonds is 8. The largest absolute Gasteiger partial charge is 0.378 e. The van der Waals surface area contributed by atoms with E-state index < -0.39 is 5.79 Å². The Hall–Kier alpha value is -2.12. The van der Waals surface area contributed by atoms with Crippen LogP contribution >= 0.6 is 0 Å². The zero-order valence-electron chi connectivity index (χ0n) is 19.7. The minimum Gasteiger partial charge on any atom is -0.378 e. The number of ether oxygens (including phenoxy) is 2. The lowest BCUT2D eigenvalue weighted by Gasteiger charge is -2.28. The lowest BCUT2D eigenvalue weighted by Crippen LogP contribution is -2.51. The maximum atomic E-state index is 6.66. The van der Waals surface area contributed by atoms with Gasteiger partial charge in [-0.3, -0.25) is 0 Å². The van der Waals surface area contributed by atoms with Gasteiger partial charge in [-0.2, -0.15) is 0 Å². The number of benzene rings is 2. The summed E-state index contributed by atoms with van der Waals surface area (Å²) >= 11 is 0. The minimum atomic E-state index is -0.707. The van der Waals surface area contributed by atoms with Gasteiger partial charge in [-0.25, -0.2) is 0 Å². The van der Waals surface area contributed by atoms with Crippen molar-refractivity contribution in [1.29, 1.82) is 0 Å². The van der Waals surface area contributed by atoms with E-state index >= 15 is 0 Å².